The summed E-state index contributed by atoms with van der Waals surface area (Å²) in [7, 11) is -2.14. The molecule has 3 aliphatic rings. The molecule has 0 amide bonds. The van der Waals surface area contributed by atoms with Crippen LogP contribution in [0, 0.1) is 17.7 Å². The van der Waals surface area contributed by atoms with Crippen LogP contribution in [-0.4, -0.2) is 59.2 Å². The van der Waals surface area contributed by atoms with Gasteiger partial charge in [0.25, 0.3) is 0 Å². The first-order valence-electron chi connectivity index (χ1n) is 15.8. The van der Waals surface area contributed by atoms with E-state index >= 15 is 0 Å². The lowest BCUT2D eigenvalue weighted by molar-refractivity contribution is -0.201. The Kier molecular flexibility index (Phi) is 12.1. The minimum atomic E-state index is -2.14. The van der Waals surface area contributed by atoms with Crippen molar-refractivity contribution in [3.05, 3.63) is 41.9 Å². The predicted octanol–water partition coefficient (Wildman–Crippen LogP) is 7.55. The van der Waals surface area contributed by atoms with E-state index in [1.54, 1.807) is 12.1 Å². The fourth-order valence-electron chi connectivity index (χ4n) is 5.86. The average Bonchev–Trinajstić information content (AvgIpc) is 3.26. The van der Waals surface area contributed by atoms with Crippen molar-refractivity contribution >= 4 is 14.6 Å². The fourth-order valence-corrected chi connectivity index (χ4v) is 7.24. The molecule has 7 nitrogen and oxygen atoms in total. The monoisotopic (exact) mass is 606 g/mol. The van der Waals surface area contributed by atoms with E-state index in [0.717, 1.165) is 50.6 Å². The summed E-state index contributed by atoms with van der Waals surface area (Å²) in [5, 5.41) is 0.0268. The number of carbonyl (C=O) groups excluding carboxylic acids is 1. The maximum Gasteiger partial charge on any atom is 0.199 e. The summed E-state index contributed by atoms with van der Waals surface area (Å²) in [6, 6.07) is 6.16. The normalized spacial score (nSPS) is 29.3. The summed E-state index contributed by atoms with van der Waals surface area (Å²) in [4.78, 5) is 12.1. The molecular formula is C33H51FO7Si. The Balaban J connectivity index is 1.61. The van der Waals surface area contributed by atoms with Gasteiger partial charge in [-0.05, 0) is 74.9 Å². The van der Waals surface area contributed by atoms with Crippen molar-refractivity contribution in [3.63, 3.8) is 0 Å². The summed E-state index contributed by atoms with van der Waals surface area (Å²) >= 11 is 0. The topological polar surface area (TPSA) is 72.5 Å². The molecule has 2 aliphatic heterocycles. The minimum absolute atomic E-state index is 0.0268. The van der Waals surface area contributed by atoms with Gasteiger partial charge < -0.3 is 32.9 Å². The van der Waals surface area contributed by atoms with Crippen molar-refractivity contribution < 1.29 is 37.3 Å². The zero-order valence-electron chi connectivity index (χ0n) is 26.1. The molecule has 3 unspecified atom stereocenters. The molecule has 1 aromatic carbocycles. The highest BCUT2D eigenvalue weighted by Crippen LogP contribution is 2.47. The lowest BCUT2D eigenvalue weighted by atomic mass is 9.88. The average molecular weight is 607 g/mol. The number of carbonyl (C=O) groups is 1. The van der Waals surface area contributed by atoms with Gasteiger partial charge in [0.15, 0.2) is 20.9 Å². The number of hydrogen-bond donors (Lipinski definition) is 0. The third kappa shape index (κ3) is 9.11. The highest BCUT2D eigenvalue weighted by atomic mass is 28.4. The summed E-state index contributed by atoms with van der Waals surface area (Å²) < 4.78 is 51.8. The lowest BCUT2D eigenvalue weighted by Gasteiger charge is -2.40. The highest BCUT2D eigenvalue weighted by molar-refractivity contribution is 6.74. The molecule has 0 radical (unpaired) electrons. The molecule has 3 fully saturated rings. The number of hydrogen-bond acceptors (Lipinski definition) is 7. The molecular weight excluding hydrogens is 555 g/mol. The van der Waals surface area contributed by atoms with Crippen molar-refractivity contribution in [1.82, 2.24) is 0 Å². The largest absolute Gasteiger partial charge is 0.493 e. The van der Waals surface area contributed by atoms with Crippen LogP contribution in [0.1, 0.15) is 78.6 Å². The van der Waals surface area contributed by atoms with E-state index in [1.807, 2.05) is 6.08 Å². The van der Waals surface area contributed by atoms with Gasteiger partial charge >= 0.3 is 0 Å². The van der Waals surface area contributed by atoms with Gasteiger partial charge in [0.05, 0.1) is 25.4 Å². The predicted molar refractivity (Wildman–Crippen MR) is 162 cm³/mol. The zero-order valence-corrected chi connectivity index (χ0v) is 27.1. The third-order valence-electron chi connectivity index (χ3n) is 9.15. The van der Waals surface area contributed by atoms with Crippen LogP contribution in [0.3, 0.4) is 0 Å². The molecule has 0 N–H and O–H groups in total. The minimum Gasteiger partial charge on any atom is -0.493 e. The van der Waals surface area contributed by atoms with Gasteiger partial charge in [-0.1, -0.05) is 26.8 Å². The summed E-state index contributed by atoms with van der Waals surface area (Å²) in [5.41, 5.74) is 0. The Morgan fingerprint density at radius 3 is 2.38 bits per heavy atom. The van der Waals surface area contributed by atoms with Crippen LogP contribution in [0.4, 0.5) is 4.39 Å². The molecule has 4 rings (SSSR count). The van der Waals surface area contributed by atoms with Gasteiger partial charge in [-0.25, -0.2) is 4.39 Å². The van der Waals surface area contributed by atoms with E-state index in [2.05, 4.69) is 33.9 Å². The standard InChI is InChI=1S/C33H51FO7Si/c1-33(2,3)42(4,5)41-28-23-29(40-31-16-7-9-20-38-31)32(26(28)17-18-35)27(39-30-15-6-8-19-37-30)14-11-21-36-25-13-10-12-24(34)22-25/h10,12-14,18,22,26,28-32H,6-9,11,15-17,19-21,23H2,1-5H3/b27-14+/t26-,28?,29+,30?,31?,32+/m1/s1. The zero-order chi connectivity index (χ0) is 30.2. The second-order valence-electron chi connectivity index (χ2n) is 13.3. The first-order chi connectivity index (χ1) is 20.1. The highest BCUT2D eigenvalue weighted by Gasteiger charge is 2.51. The Labute approximate surface area is 252 Å². The number of halogens is 1. The van der Waals surface area contributed by atoms with Crippen molar-refractivity contribution in [2.75, 3.05) is 19.8 Å². The van der Waals surface area contributed by atoms with Gasteiger partial charge in [-0.2, -0.15) is 0 Å². The molecule has 1 saturated carbocycles. The van der Waals surface area contributed by atoms with Crippen LogP contribution in [-0.2, 0) is 28.2 Å². The van der Waals surface area contributed by atoms with E-state index < -0.39 is 8.32 Å². The van der Waals surface area contributed by atoms with Crippen LogP contribution in [0.25, 0.3) is 0 Å². The number of rotatable bonds is 13. The molecule has 6 atom stereocenters. The first kappa shape index (κ1) is 33.1. The van der Waals surface area contributed by atoms with E-state index in [1.165, 1.54) is 12.1 Å². The molecule has 236 valence electrons. The van der Waals surface area contributed by atoms with Gasteiger partial charge in [0, 0.05) is 43.8 Å². The molecule has 0 bridgehead atoms. The van der Waals surface area contributed by atoms with Crippen LogP contribution in [0.2, 0.25) is 18.1 Å². The lowest BCUT2D eigenvalue weighted by Crippen LogP contribution is -2.45. The number of benzene rings is 1. The third-order valence-corrected chi connectivity index (χ3v) is 13.7. The van der Waals surface area contributed by atoms with Crippen molar-refractivity contribution in [1.29, 1.82) is 0 Å². The summed E-state index contributed by atoms with van der Waals surface area (Å²) in [6.45, 7) is 12.9. The SMILES string of the molecule is CC(C)(C)[Si](C)(C)OC1C[C@H](OC2CCCCO2)[C@H](/C(=C\CCOc2cccc(F)c2)OC2CCCCO2)[C@@H]1CC=O. The van der Waals surface area contributed by atoms with E-state index in [9.17, 15) is 9.18 Å². The Morgan fingerprint density at radius 1 is 1.05 bits per heavy atom. The van der Waals surface area contributed by atoms with Crippen molar-refractivity contribution in [3.8, 4) is 5.75 Å². The quantitative estimate of drug-likeness (QED) is 0.0994. The van der Waals surface area contributed by atoms with Gasteiger partial charge in [0.2, 0.25) is 0 Å². The molecule has 0 spiro atoms. The molecule has 2 heterocycles. The molecule has 9 heteroatoms. The number of aldehydes is 1. The Morgan fingerprint density at radius 2 is 1.76 bits per heavy atom. The molecule has 2 saturated heterocycles. The Bertz CT molecular complexity index is 1010. The molecule has 42 heavy (non-hydrogen) atoms. The fraction of sp³-hybridized carbons (Fsp3) is 0.727. The molecule has 0 aromatic heterocycles. The maximum absolute atomic E-state index is 13.7. The second kappa shape index (κ2) is 15.3. The maximum atomic E-state index is 13.7. The molecule has 1 aromatic rings. The second-order valence-corrected chi connectivity index (χ2v) is 18.1. The van der Waals surface area contributed by atoms with Gasteiger partial charge in [-0.15, -0.1) is 0 Å². The van der Waals surface area contributed by atoms with Crippen molar-refractivity contribution in [2.45, 2.75) is 121 Å². The smallest absolute Gasteiger partial charge is 0.199 e. The van der Waals surface area contributed by atoms with Crippen molar-refractivity contribution in [2.24, 2.45) is 11.8 Å². The van der Waals surface area contributed by atoms with Crippen LogP contribution in [0.15, 0.2) is 36.1 Å². The van der Waals surface area contributed by atoms with Crippen LogP contribution in [0.5, 0.6) is 5.75 Å². The van der Waals surface area contributed by atoms with Gasteiger partial charge in [-0.3, -0.25) is 0 Å². The first-order valence-corrected chi connectivity index (χ1v) is 18.7. The van der Waals surface area contributed by atoms with Crippen LogP contribution >= 0.6 is 0 Å². The summed E-state index contributed by atoms with van der Waals surface area (Å²) in [5.74, 6) is 0.611. The van der Waals surface area contributed by atoms with E-state index in [4.69, 9.17) is 28.1 Å². The van der Waals surface area contributed by atoms with E-state index in [-0.39, 0.29) is 47.5 Å². The Hall–Kier alpha value is -1.78. The summed E-state index contributed by atoms with van der Waals surface area (Å²) in [6.07, 6.45) is 9.43. The van der Waals surface area contributed by atoms with Gasteiger partial charge in [0.1, 0.15) is 23.6 Å². The van der Waals surface area contributed by atoms with E-state index in [0.29, 0.717) is 44.8 Å². The molecule has 1 aliphatic carbocycles. The van der Waals surface area contributed by atoms with Crippen LogP contribution < -0.4 is 4.74 Å². The number of ether oxygens (including phenoxy) is 5.